The first kappa shape index (κ1) is 22.2. The molecule has 32 heavy (non-hydrogen) atoms. The topological polar surface area (TPSA) is 37.3 Å². The third-order valence-corrected chi connectivity index (χ3v) is 5.81. The van der Waals surface area contributed by atoms with Gasteiger partial charge in [-0.15, -0.1) is 0 Å². The quantitative estimate of drug-likeness (QED) is 0.582. The van der Waals surface area contributed by atoms with Crippen LogP contribution in [0.5, 0.6) is 11.5 Å². The maximum absolute atomic E-state index is 14.0. The molecule has 9 heteroatoms. The Kier molecular flexibility index (Phi) is 6.17. The molecule has 0 saturated carbocycles. The summed E-state index contributed by atoms with van der Waals surface area (Å²) in [4.78, 5) is 2.11. The lowest BCUT2D eigenvalue weighted by atomic mass is 10.1. The molecule has 172 valence electrons. The van der Waals surface area contributed by atoms with Crippen LogP contribution in [0.3, 0.4) is 0 Å². The van der Waals surface area contributed by atoms with Crippen LogP contribution in [0.4, 0.5) is 28.9 Å². The van der Waals surface area contributed by atoms with Crippen molar-refractivity contribution in [3.05, 3.63) is 48.3 Å². The van der Waals surface area contributed by atoms with Crippen LogP contribution in [-0.4, -0.2) is 44.7 Å². The van der Waals surface area contributed by atoms with Gasteiger partial charge in [0.15, 0.2) is 11.6 Å². The van der Waals surface area contributed by atoms with E-state index in [0.717, 1.165) is 31.6 Å². The van der Waals surface area contributed by atoms with E-state index in [-0.39, 0.29) is 24.2 Å². The highest BCUT2D eigenvalue weighted by atomic mass is 19.4. The summed E-state index contributed by atoms with van der Waals surface area (Å²) in [6.45, 7) is 3.18. The second-order valence-electron chi connectivity index (χ2n) is 8.08. The predicted octanol–water partition coefficient (Wildman–Crippen LogP) is 5.26. The summed E-state index contributed by atoms with van der Waals surface area (Å²) < 4.78 is 64.0. The minimum Gasteiger partial charge on any atom is -0.494 e. The van der Waals surface area contributed by atoms with Crippen molar-refractivity contribution in [1.82, 2.24) is 0 Å². The van der Waals surface area contributed by atoms with Crippen LogP contribution in [-0.2, 0) is 0 Å². The maximum Gasteiger partial charge on any atom is 0.431 e. The zero-order valence-corrected chi connectivity index (χ0v) is 17.9. The standard InChI is InChI=1S/C23H25F4N3O2/c1-15-14-30(28-22(15)23(25,26)27)16-3-6-18(7-4-16)32-19-9-11-29(12-10-19)17-5-8-21(31-2)20(24)13-17/h3-8,13,15,19H,9-12,14H2,1-2H3/t15-/m0/s1. The van der Waals surface area contributed by atoms with Crippen molar-refractivity contribution in [1.29, 1.82) is 0 Å². The number of methoxy groups -OCH3 is 1. The Hall–Kier alpha value is -2.97. The number of halogens is 4. The van der Waals surface area contributed by atoms with E-state index in [1.165, 1.54) is 25.1 Å². The fraction of sp³-hybridized carbons (Fsp3) is 0.435. The molecular formula is C23H25F4N3O2. The van der Waals surface area contributed by atoms with Gasteiger partial charge in [-0.3, -0.25) is 5.01 Å². The lowest BCUT2D eigenvalue weighted by molar-refractivity contribution is -0.0616. The highest BCUT2D eigenvalue weighted by Crippen LogP contribution is 2.32. The molecule has 2 aromatic carbocycles. The van der Waals surface area contributed by atoms with E-state index >= 15 is 0 Å². The van der Waals surface area contributed by atoms with Crippen LogP contribution in [0.1, 0.15) is 19.8 Å². The van der Waals surface area contributed by atoms with E-state index in [1.807, 2.05) is 6.07 Å². The Labute approximate surface area is 184 Å². The molecule has 0 radical (unpaired) electrons. The monoisotopic (exact) mass is 451 g/mol. The van der Waals surface area contributed by atoms with Gasteiger partial charge in [0.1, 0.15) is 17.6 Å². The lowest BCUT2D eigenvalue weighted by Gasteiger charge is -2.33. The summed E-state index contributed by atoms with van der Waals surface area (Å²) in [6, 6.07) is 11.9. The van der Waals surface area contributed by atoms with Crippen LogP contribution in [0.25, 0.3) is 0 Å². The molecule has 0 N–H and O–H groups in total. The zero-order valence-electron chi connectivity index (χ0n) is 17.9. The summed E-state index contributed by atoms with van der Waals surface area (Å²) in [5.41, 5.74) is 0.658. The van der Waals surface area contributed by atoms with Crippen LogP contribution in [0.15, 0.2) is 47.6 Å². The molecule has 1 fully saturated rings. The number of nitrogens with zero attached hydrogens (tertiary/aromatic N) is 3. The average Bonchev–Trinajstić information content (AvgIpc) is 3.17. The fourth-order valence-electron chi connectivity index (χ4n) is 4.09. The normalized spacial score (nSPS) is 19.8. The second-order valence-corrected chi connectivity index (χ2v) is 8.08. The Morgan fingerprint density at radius 2 is 1.66 bits per heavy atom. The van der Waals surface area contributed by atoms with Crippen molar-refractivity contribution >= 4 is 17.1 Å². The molecule has 2 heterocycles. The number of piperidine rings is 1. The smallest absolute Gasteiger partial charge is 0.431 e. The number of hydrogen-bond acceptors (Lipinski definition) is 5. The molecule has 1 atom stereocenters. The minimum atomic E-state index is -4.41. The molecule has 0 bridgehead atoms. The summed E-state index contributed by atoms with van der Waals surface area (Å²) in [5, 5.41) is 5.13. The summed E-state index contributed by atoms with van der Waals surface area (Å²) >= 11 is 0. The van der Waals surface area contributed by atoms with E-state index in [1.54, 1.807) is 30.3 Å². The first-order valence-corrected chi connectivity index (χ1v) is 10.5. The molecule has 0 amide bonds. The zero-order chi connectivity index (χ0) is 22.9. The van der Waals surface area contributed by atoms with Crippen LogP contribution in [0, 0.1) is 11.7 Å². The number of hydrogen-bond donors (Lipinski definition) is 0. The van der Waals surface area contributed by atoms with E-state index in [2.05, 4.69) is 10.0 Å². The van der Waals surface area contributed by atoms with Gasteiger partial charge in [-0.25, -0.2) is 4.39 Å². The van der Waals surface area contributed by atoms with Gasteiger partial charge < -0.3 is 14.4 Å². The molecule has 2 aliphatic rings. The van der Waals surface area contributed by atoms with Crippen LogP contribution < -0.4 is 19.4 Å². The summed E-state index contributed by atoms with van der Waals surface area (Å²) in [7, 11) is 1.44. The third-order valence-electron chi connectivity index (χ3n) is 5.81. The Morgan fingerprint density at radius 1 is 1.00 bits per heavy atom. The van der Waals surface area contributed by atoms with Crippen molar-refractivity contribution in [3.8, 4) is 11.5 Å². The van der Waals surface area contributed by atoms with Crippen molar-refractivity contribution < 1.29 is 27.0 Å². The number of anilines is 2. The number of rotatable bonds is 5. The van der Waals surface area contributed by atoms with Crippen molar-refractivity contribution in [2.45, 2.75) is 32.0 Å². The molecule has 4 rings (SSSR count). The van der Waals surface area contributed by atoms with Gasteiger partial charge in [0, 0.05) is 50.1 Å². The average molecular weight is 451 g/mol. The van der Waals surface area contributed by atoms with Gasteiger partial charge >= 0.3 is 6.18 Å². The van der Waals surface area contributed by atoms with Gasteiger partial charge in [0.05, 0.1) is 12.8 Å². The first-order chi connectivity index (χ1) is 15.2. The Bertz CT molecular complexity index is 970. The largest absolute Gasteiger partial charge is 0.494 e. The lowest BCUT2D eigenvalue weighted by Crippen LogP contribution is -2.38. The van der Waals surface area contributed by atoms with Gasteiger partial charge in [-0.1, -0.05) is 6.92 Å². The Morgan fingerprint density at radius 3 is 2.22 bits per heavy atom. The van der Waals surface area contributed by atoms with Crippen LogP contribution in [0.2, 0.25) is 0 Å². The van der Waals surface area contributed by atoms with Crippen LogP contribution >= 0.6 is 0 Å². The molecule has 2 aliphatic heterocycles. The third kappa shape index (κ3) is 4.76. The highest BCUT2D eigenvalue weighted by Gasteiger charge is 2.43. The minimum absolute atomic E-state index is 0.0156. The predicted molar refractivity (Wildman–Crippen MR) is 115 cm³/mol. The number of ether oxygens (including phenoxy) is 2. The fourth-order valence-corrected chi connectivity index (χ4v) is 4.09. The maximum atomic E-state index is 14.0. The van der Waals surface area contributed by atoms with Crippen molar-refractivity contribution in [2.24, 2.45) is 11.0 Å². The molecule has 2 aromatic rings. The highest BCUT2D eigenvalue weighted by molar-refractivity contribution is 5.94. The van der Waals surface area contributed by atoms with E-state index in [4.69, 9.17) is 9.47 Å². The summed E-state index contributed by atoms with van der Waals surface area (Å²) in [6.07, 6.45) is -2.85. The number of alkyl halides is 3. The van der Waals surface area contributed by atoms with E-state index < -0.39 is 17.8 Å². The second kappa shape index (κ2) is 8.88. The van der Waals surface area contributed by atoms with E-state index in [0.29, 0.717) is 11.4 Å². The van der Waals surface area contributed by atoms with Gasteiger partial charge in [0.2, 0.25) is 0 Å². The first-order valence-electron chi connectivity index (χ1n) is 10.5. The SMILES string of the molecule is COc1ccc(N2CCC(Oc3ccc(N4C[C@H](C)C(C(F)(F)F)=N4)cc3)CC2)cc1F. The molecule has 0 aliphatic carbocycles. The van der Waals surface area contributed by atoms with Gasteiger partial charge in [-0.2, -0.15) is 18.3 Å². The van der Waals surface area contributed by atoms with Crippen molar-refractivity contribution in [3.63, 3.8) is 0 Å². The molecule has 0 spiro atoms. The van der Waals surface area contributed by atoms with E-state index in [9.17, 15) is 17.6 Å². The molecule has 5 nitrogen and oxygen atoms in total. The Balaban J connectivity index is 1.32. The number of benzene rings is 2. The summed E-state index contributed by atoms with van der Waals surface area (Å²) in [5.74, 6) is -0.174. The van der Waals surface area contributed by atoms with Gasteiger partial charge in [-0.05, 0) is 36.4 Å². The molecule has 0 unspecified atom stereocenters. The molecular weight excluding hydrogens is 426 g/mol. The van der Waals surface area contributed by atoms with Gasteiger partial charge in [0.25, 0.3) is 0 Å². The molecule has 1 saturated heterocycles. The van der Waals surface area contributed by atoms with Crippen molar-refractivity contribution in [2.75, 3.05) is 36.7 Å². The number of hydrazone groups is 1. The molecule has 0 aromatic heterocycles.